The van der Waals surface area contributed by atoms with Crippen molar-refractivity contribution in [2.24, 2.45) is 0 Å². The van der Waals surface area contributed by atoms with Crippen LogP contribution in [0, 0.1) is 29.8 Å². The van der Waals surface area contributed by atoms with Crippen molar-refractivity contribution >= 4 is 15.7 Å². The van der Waals surface area contributed by atoms with Crippen LogP contribution in [0.1, 0.15) is 11.1 Å². The van der Waals surface area contributed by atoms with Gasteiger partial charge in [0.2, 0.25) is 15.8 Å². The maximum absolute atomic E-state index is 13.5. The third kappa shape index (κ3) is 3.06. The van der Waals surface area contributed by atoms with Gasteiger partial charge in [-0.25, -0.2) is 13.1 Å². The third-order valence-electron chi connectivity index (χ3n) is 2.48. The molecule has 0 bridgehead atoms. The van der Waals surface area contributed by atoms with Crippen molar-refractivity contribution in [2.45, 2.75) is 18.7 Å². The quantitative estimate of drug-likeness (QED) is 0.610. The van der Waals surface area contributed by atoms with Crippen LogP contribution in [0.15, 0.2) is 11.0 Å². The highest BCUT2D eigenvalue weighted by molar-refractivity contribution is 7.89. The first-order valence-corrected chi connectivity index (χ1v) is 6.75. The fourth-order valence-corrected chi connectivity index (χ4v) is 3.28. The van der Waals surface area contributed by atoms with Crippen LogP contribution in [0.2, 0.25) is 0 Å². The SMILES string of the molecule is Cc1cc(F)c([N+](=O)[O-])c(C)c1S(=O)(=O)NCCO. The van der Waals surface area contributed by atoms with E-state index < -0.39 is 33.1 Å². The standard InChI is InChI=1S/C10H13FN2O5S/c1-6-5-8(11)9(13(15)16)7(2)10(6)19(17,18)12-3-4-14/h5,12,14H,3-4H2,1-2H3. The van der Waals surface area contributed by atoms with Gasteiger partial charge in [-0.05, 0) is 25.5 Å². The molecule has 7 nitrogen and oxygen atoms in total. The summed E-state index contributed by atoms with van der Waals surface area (Å²) in [6.07, 6.45) is 0. The molecule has 106 valence electrons. The molecule has 9 heteroatoms. The molecule has 0 radical (unpaired) electrons. The van der Waals surface area contributed by atoms with E-state index in [1.54, 1.807) is 0 Å². The summed E-state index contributed by atoms with van der Waals surface area (Å²) >= 11 is 0. The van der Waals surface area contributed by atoms with Gasteiger partial charge in [0.15, 0.2) is 0 Å². The number of aliphatic hydroxyl groups is 1. The minimum Gasteiger partial charge on any atom is -0.395 e. The average Bonchev–Trinajstić information content (AvgIpc) is 2.24. The van der Waals surface area contributed by atoms with Gasteiger partial charge in [-0.3, -0.25) is 10.1 Å². The Balaban J connectivity index is 3.53. The second kappa shape index (κ2) is 5.59. The molecule has 2 N–H and O–H groups in total. The van der Waals surface area contributed by atoms with Crippen molar-refractivity contribution in [1.82, 2.24) is 4.72 Å². The molecule has 0 heterocycles. The van der Waals surface area contributed by atoms with Crippen LogP contribution in [-0.4, -0.2) is 31.6 Å². The summed E-state index contributed by atoms with van der Waals surface area (Å²) in [5, 5.41) is 19.4. The monoisotopic (exact) mass is 292 g/mol. The molecule has 0 aliphatic carbocycles. The number of nitro groups is 1. The number of nitro benzene ring substituents is 1. The van der Waals surface area contributed by atoms with Crippen LogP contribution in [-0.2, 0) is 10.0 Å². The number of hydrogen-bond acceptors (Lipinski definition) is 5. The van der Waals surface area contributed by atoms with Gasteiger partial charge >= 0.3 is 5.69 Å². The van der Waals surface area contributed by atoms with E-state index in [0.29, 0.717) is 0 Å². The zero-order valence-electron chi connectivity index (χ0n) is 10.3. The van der Waals surface area contributed by atoms with Gasteiger partial charge in [0.1, 0.15) is 0 Å². The highest BCUT2D eigenvalue weighted by Gasteiger charge is 2.28. The summed E-state index contributed by atoms with van der Waals surface area (Å²) in [5.74, 6) is -1.08. The fraction of sp³-hybridized carbons (Fsp3) is 0.400. The molecule has 0 atom stereocenters. The van der Waals surface area contributed by atoms with Crippen molar-refractivity contribution in [2.75, 3.05) is 13.2 Å². The predicted molar refractivity (Wildman–Crippen MR) is 64.8 cm³/mol. The molecule has 1 aromatic carbocycles. The van der Waals surface area contributed by atoms with Crippen molar-refractivity contribution in [3.05, 3.63) is 33.1 Å². The number of nitrogens with one attached hydrogen (secondary N) is 1. The molecule has 1 aromatic rings. The maximum atomic E-state index is 13.5. The molecule has 0 aliphatic heterocycles. The van der Waals surface area contributed by atoms with Gasteiger partial charge in [0, 0.05) is 6.54 Å². The summed E-state index contributed by atoms with van der Waals surface area (Å²) < 4.78 is 39.5. The number of aliphatic hydroxyl groups excluding tert-OH is 1. The molecule has 0 amide bonds. The first kappa shape index (κ1) is 15.5. The van der Waals surface area contributed by atoms with E-state index >= 15 is 0 Å². The van der Waals surface area contributed by atoms with Gasteiger partial charge in [-0.2, -0.15) is 4.39 Å². The lowest BCUT2D eigenvalue weighted by molar-refractivity contribution is -0.388. The third-order valence-corrected chi connectivity index (χ3v) is 4.23. The number of sulfonamides is 1. The van der Waals surface area contributed by atoms with E-state index in [4.69, 9.17) is 5.11 Å². The Morgan fingerprint density at radius 3 is 2.53 bits per heavy atom. The molecule has 0 saturated carbocycles. The summed E-state index contributed by atoms with van der Waals surface area (Å²) in [4.78, 5) is 9.46. The number of aryl methyl sites for hydroxylation is 1. The van der Waals surface area contributed by atoms with Crippen molar-refractivity contribution in [3.63, 3.8) is 0 Å². The maximum Gasteiger partial charge on any atom is 0.309 e. The van der Waals surface area contributed by atoms with Gasteiger partial charge in [0.25, 0.3) is 0 Å². The molecular weight excluding hydrogens is 279 g/mol. The molecule has 19 heavy (non-hydrogen) atoms. The van der Waals surface area contributed by atoms with E-state index in [1.165, 1.54) is 13.8 Å². The lowest BCUT2D eigenvalue weighted by atomic mass is 10.1. The predicted octanol–water partition coefficient (Wildman–Crippen LogP) is 0.621. The molecule has 0 unspecified atom stereocenters. The van der Waals surface area contributed by atoms with Gasteiger partial charge < -0.3 is 5.11 Å². The lowest BCUT2D eigenvalue weighted by Crippen LogP contribution is -2.28. The van der Waals surface area contributed by atoms with Crippen LogP contribution >= 0.6 is 0 Å². The highest BCUT2D eigenvalue weighted by Crippen LogP contribution is 2.30. The van der Waals surface area contributed by atoms with Crippen molar-refractivity contribution in [3.8, 4) is 0 Å². The molecular formula is C10H13FN2O5S. The van der Waals surface area contributed by atoms with E-state index in [9.17, 15) is 22.9 Å². The zero-order valence-corrected chi connectivity index (χ0v) is 11.1. The number of halogens is 1. The Kier molecular flexibility index (Phi) is 4.56. The summed E-state index contributed by atoms with van der Waals surface area (Å²) in [7, 11) is -4.04. The van der Waals surface area contributed by atoms with Crippen LogP contribution in [0.5, 0.6) is 0 Å². The minimum atomic E-state index is -4.04. The Bertz CT molecular complexity index is 615. The number of benzene rings is 1. The largest absolute Gasteiger partial charge is 0.395 e. The van der Waals surface area contributed by atoms with Crippen molar-refractivity contribution in [1.29, 1.82) is 0 Å². The van der Waals surface area contributed by atoms with Gasteiger partial charge in [-0.15, -0.1) is 0 Å². The molecule has 0 saturated heterocycles. The number of rotatable bonds is 5. The van der Waals surface area contributed by atoms with Crippen LogP contribution in [0.3, 0.4) is 0 Å². The first-order chi connectivity index (χ1) is 8.72. The second-order valence-electron chi connectivity index (χ2n) is 3.86. The first-order valence-electron chi connectivity index (χ1n) is 5.27. The number of hydrogen-bond donors (Lipinski definition) is 2. The molecule has 0 fully saturated rings. The van der Waals surface area contributed by atoms with E-state index in [-0.39, 0.29) is 22.6 Å². The van der Waals surface area contributed by atoms with E-state index in [1.807, 2.05) is 0 Å². The summed E-state index contributed by atoms with van der Waals surface area (Å²) in [6, 6.07) is 0.804. The summed E-state index contributed by atoms with van der Waals surface area (Å²) in [6.45, 7) is 1.86. The van der Waals surface area contributed by atoms with Gasteiger partial charge in [-0.1, -0.05) is 0 Å². The van der Waals surface area contributed by atoms with Crippen LogP contribution in [0.25, 0.3) is 0 Å². The highest BCUT2D eigenvalue weighted by atomic mass is 32.2. The van der Waals surface area contributed by atoms with E-state index in [0.717, 1.165) is 6.07 Å². The van der Waals surface area contributed by atoms with Crippen molar-refractivity contribution < 1.29 is 22.8 Å². The average molecular weight is 292 g/mol. The molecule has 0 spiro atoms. The fourth-order valence-electron chi connectivity index (χ4n) is 1.80. The lowest BCUT2D eigenvalue weighted by Gasteiger charge is -2.12. The molecule has 0 aliphatic rings. The number of nitrogens with zero attached hydrogens (tertiary/aromatic N) is 1. The Morgan fingerprint density at radius 1 is 1.47 bits per heavy atom. The molecule has 0 aromatic heterocycles. The minimum absolute atomic E-state index is 0.0611. The smallest absolute Gasteiger partial charge is 0.309 e. The van der Waals surface area contributed by atoms with E-state index in [2.05, 4.69) is 4.72 Å². The van der Waals surface area contributed by atoms with Gasteiger partial charge in [0.05, 0.1) is 22.0 Å². The Hall–Kier alpha value is -1.58. The zero-order chi connectivity index (χ0) is 14.8. The normalized spacial score (nSPS) is 11.6. The molecule has 1 rings (SSSR count). The summed E-state index contributed by atoms with van der Waals surface area (Å²) in [5.41, 5.74) is -1.08. The topological polar surface area (TPSA) is 110 Å². The Morgan fingerprint density at radius 2 is 2.05 bits per heavy atom. The Labute approximate surface area is 109 Å². The van der Waals surface area contributed by atoms with Crippen LogP contribution in [0.4, 0.5) is 10.1 Å². The van der Waals surface area contributed by atoms with Crippen LogP contribution < -0.4 is 4.72 Å². The second-order valence-corrected chi connectivity index (χ2v) is 5.56.